The molecule has 0 bridgehead atoms. The second kappa shape index (κ2) is 6.01. The van der Waals surface area contributed by atoms with Crippen molar-refractivity contribution >= 4 is 27.4 Å². The zero-order valence-electron chi connectivity index (χ0n) is 11.7. The van der Waals surface area contributed by atoms with Crippen molar-refractivity contribution < 1.29 is 8.42 Å². The summed E-state index contributed by atoms with van der Waals surface area (Å²) in [6.07, 6.45) is 0. The Labute approximate surface area is 129 Å². The Balaban J connectivity index is 2.47. The van der Waals surface area contributed by atoms with Crippen LogP contribution < -0.4 is 10.5 Å². The van der Waals surface area contributed by atoms with Gasteiger partial charge in [-0.1, -0.05) is 17.7 Å². The van der Waals surface area contributed by atoms with Crippen LogP contribution in [0.25, 0.3) is 0 Å². The van der Waals surface area contributed by atoms with Gasteiger partial charge in [-0.2, -0.15) is 0 Å². The number of hydrogen-bond acceptors (Lipinski definition) is 4. The topological polar surface area (TPSA) is 85.1 Å². The molecule has 112 valence electrons. The van der Waals surface area contributed by atoms with Crippen LogP contribution in [-0.4, -0.2) is 13.4 Å². The van der Waals surface area contributed by atoms with Crippen molar-refractivity contribution in [2.45, 2.75) is 25.3 Å². The molecule has 0 aliphatic carbocycles. The summed E-state index contributed by atoms with van der Waals surface area (Å²) in [7, 11) is -3.77. The minimum atomic E-state index is -3.77. The second-order valence-electron chi connectivity index (χ2n) is 4.66. The van der Waals surface area contributed by atoms with Gasteiger partial charge in [0.15, 0.2) is 0 Å². The highest BCUT2D eigenvalue weighted by atomic mass is 35.5. The van der Waals surface area contributed by atoms with Gasteiger partial charge in [-0.25, -0.2) is 13.4 Å². The summed E-state index contributed by atoms with van der Waals surface area (Å²) >= 11 is 5.97. The van der Waals surface area contributed by atoms with Crippen LogP contribution in [0.5, 0.6) is 0 Å². The first kappa shape index (κ1) is 15.8. The Kier molecular flexibility index (Phi) is 4.51. The summed E-state index contributed by atoms with van der Waals surface area (Å²) in [4.78, 5) is 4.24. The summed E-state index contributed by atoms with van der Waals surface area (Å²) in [5.41, 5.74) is 7.62. The third-order valence-corrected chi connectivity index (χ3v) is 4.77. The van der Waals surface area contributed by atoms with Gasteiger partial charge in [-0.3, -0.25) is 4.72 Å². The lowest BCUT2D eigenvalue weighted by Gasteiger charge is -2.13. The lowest BCUT2D eigenvalue weighted by Crippen LogP contribution is -2.16. The molecule has 0 fully saturated rings. The Morgan fingerprint density at radius 1 is 1.29 bits per heavy atom. The molecular formula is C14H16ClN3O2S. The van der Waals surface area contributed by atoms with E-state index in [1.54, 1.807) is 38.1 Å². The number of hydrogen-bond donors (Lipinski definition) is 2. The van der Waals surface area contributed by atoms with Crippen LogP contribution in [0.4, 0.5) is 5.82 Å². The molecule has 0 saturated heterocycles. The largest absolute Gasteiger partial charge is 0.326 e. The van der Waals surface area contributed by atoms with Crippen molar-refractivity contribution in [2.24, 2.45) is 5.73 Å². The van der Waals surface area contributed by atoms with Gasteiger partial charge >= 0.3 is 0 Å². The number of anilines is 1. The van der Waals surface area contributed by atoms with Crippen LogP contribution in [0.2, 0.25) is 5.02 Å². The second-order valence-corrected chi connectivity index (χ2v) is 6.75. The highest BCUT2D eigenvalue weighted by Gasteiger charge is 2.20. The van der Waals surface area contributed by atoms with Crippen molar-refractivity contribution in [3.63, 3.8) is 0 Å². The highest BCUT2D eigenvalue weighted by molar-refractivity contribution is 7.92. The molecule has 5 nitrogen and oxygen atoms in total. The Morgan fingerprint density at radius 2 is 2.00 bits per heavy atom. The standard InChI is InChI=1S/C14H16ClN3O2S/c1-9-4-3-5-14(17-9)18-21(19,20)13-7-12(15)6-11(8-16)10(13)2/h3-7H,8,16H2,1-2H3,(H,17,18). The summed E-state index contributed by atoms with van der Waals surface area (Å²) in [5, 5.41) is 0.332. The number of rotatable bonds is 4. The van der Waals surface area contributed by atoms with E-state index in [9.17, 15) is 8.42 Å². The van der Waals surface area contributed by atoms with Crippen molar-refractivity contribution in [3.05, 3.63) is 52.2 Å². The van der Waals surface area contributed by atoms with Gasteiger partial charge in [0.2, 0.25) is 0 Å². The van der Waals surface area contributed by atoms with Crippen molar-refractivity contribution in [1.29, 1.82) is 0 Å². The maximum atomic E-state index is 12.5. The molecule has 3 N–H and O–H groups in total. The molecule has 0 unspecified atom stereocenters. The van der Waals surface area contributed by atoms with Crippen LogP contribution >= 0.6 is 11.6 Å². The Hall–Kier alpha value is -1.63. The fourth-order valence-electron chi connectivity index (χ4n) is 1.99. The Bertz CT molecular complexity index is 776. The first-order valence-electron chi connectivity index (χ1n) is 6.29. The molecule has 2 rings (SSSR count). The van der Waals surface area contributed by atoms with Crippen molar-refractivity contribution in [1.82, 2.24) is 4.98 Å². The molecule has 0 amide bonds. The maximum Gasteiger partial charge on any atom is 0.263 e. The summed E-state index contributed by atoms with van der Waals surface area (Å²) in [6.45, 7) is 3.71. The summed E-state index contributed by atoms with van der Waals surface area (Å²) < 4.78 is 27.5. The van der Waals surface area contributed by atoms with Crippen LogP contribution in [-0.2, 0) is 16.6 Å². The number of nitrogens with two attached hydrogens (primary N) is 1. The van der Waals surface area contributed by atoms with Crippen LogP contribution in [0.3, 0.4) is 0 Å². The van der Waals surface area contributed by atoms with E-state index in [1.807, 2.05) is 0 Å². The third-order valence-electron chi connectivity index (χ3n) is 3.07. The number of halogens is 1. The van der Waals surface area contributed by atoms with Crippen LogP contribution in [0.15, 0.2) is 35.2 Å². The molecule has 1 heterocycles. The monoisotopic (exact) mass is 325 g/mol. The SMILES string of the molecule is Cc1cccc(NS(=O)(=O)c2cc(Cl)cc(CN)c2C)n1. The minimum Gasteiger partial charge on any atom is -0.326 e. The smallest absolute Gasteiger partial charge is 0.263 e. The van der Waals surface area contributed by atoms with Gasteiger partial charge in [0.25, 0.3) is 10.0 Å². The summed E-state index contributed by atoms with van der Waals surface area (Å²) in [5.74, 6) is 0.267. The predicted molar refractivity (Wildman–Crippen MR) is 83.9 cm³/mol. The molecule has 0 atom stereocenters. The molecule has 0 saturated carbocycles. The zero-order chi connectivity index (χ0) is 15.6. The van der Waals surface area contributed by atoms with E-state index in [2.05, 4.69) is 9.71 Å². The van der Waals surface area contributed by atoms with Crippen molar-refractivity contribution in [2.75, 3.05) is 4.72 Å². The molecule has 1 aromatic heterocycles. The van der Waals surface area contributed by atoms with Crippen LogP contribution in [0, 0.1) is 13.8 Å². The van der Waals surface area contributed by atoms with E-state index in [0.717, 1.165) is 5.69 Å². The molecule has 0 spiro atoms. The van der Waals surface area contributed by atoms with E-state index in [0.29, 0.717) is 16.1 Å². The van der Waals surface area contributed by atoms with Gasteiger partial charge in [-0.15, -0.1) is 0 Å². The van der Waals surface area contributed by atoms with Gasteiger partial charge in [0.05, 0.1) is 4.90 Å². The summed E-state index contributed by atoms with van der Waals surface area (Å²) in [6, 6.07) is 8.19. The fraction of sp³-hybridized carbons (Fsp3) is 0.214. The van der Waals surface area contributed by atoms with Gasteiger partial charge < -0.3 is 5.73 Å². The number of pyridine rings is 1. The maximum absolute atomic E-state index is 12.5. The average Bonchev–Trinajstić information content (AvgIpc) is 2.40. The fourth-order valence-corrected chi connectivity index (χ4v) is 3.61. The third kappa shape index (κ3) is 3.53. The van der Waals surface area contributed by atoms with E-state index in [1.165, 1.54) is 6.07 Å². The molecule has 2 aromatic rings. The molecule has 0 aliphatic rings. The van der Waals surface area contributed by atoms with E-state index >= 15 is 0 Å². The average molecular weight is 326 g/mol. The molecule has 0 radical (unpaired) electrons. The minimum absolute atomic E-state index is 0.110. The molecule has 21 heavy (non-hydrogen) atoms. The van der Waals surface area contributed by atoms with Crippen LogP contribution in [0.1, 0.15) is 16.8 Å². The molecule has 1 aromatic carbocycles. The number of aryl methyl sites for hydroxylation is 1. The normalized spacial score (nSPS) is 11.4. The number of benzene rings is 1. The number of nitrogens with zero attached hydrogens (tertiary/aromatic N) is 1. The van der Waals surface area contributed by atoms with Gasteiger partial charge in [0.1, 0.15) is 5.82 Å². The molecular weight excluding hydrogens is 310 g/mol. The van der Waals surface area contributed by atoms with E-state index in [-0.39, 0.29) is 17.3 Å². The number of aromatic nitrogens is 1. The lowest BCUT2D eigenvalue weighted by atomic mass is 10.1. The zero-order valence-corrected chi connectivity index (χ0v) is 13.3. The number of nitrogens with one attached hydrogen (secondary N) is 1. The lowest BCUT2D eigenvalue weighted by molar-refractivity contribution is 0.600. The van der Waals surface area contributed by atoms with Gasteiger partial charge in [-0.05, 0) is 49.2 Å². The molecule has 7 heteroatoms. The predicted octanol–water partition coefficient (Wildman–Crippen LogP) is 2.61. The molecule has 0 aliphatic heterocycles. The highest BCUT2D eigenvalue weighted by Crippen LogP contribution is 2.25. The Morgan fingerprint density at radius 3 is 2.62 bits per heavy atom. The first-order valence-corrected chi connectivity index (χ1v) is 8.15. The van der Waals surface area contributed by atoms with E-state index in [4.69, 9.17) is 17.3 Å². The first-order chi connectivity index (χ1) is 9.83. The van der Waals surface area contributed by atoms with Crippen molar-refractivity contribution in [3.8, 4) is 0 Å². The van der Waals surface area contributed by atoms with Gasteiger partial charge in [0, 0.05) is 17.3 Å². The quantitative estimate of drug-likeness (QED) is 0.904. The number of sulfonamides is 1. The van der Waals surface area contributed by atoms with E-state index < -0.39 is 10.0 Å².